The van der Waals surface area contributed by atoms with Crippen molar-refractivity contribution in [2.75, 3.05) is 38.3 Å². The average molecular weight is 566 g/mol. The molecule has 0 aliphatic carbocycles. The van der Waals surface area contributed by atoms with Crippen molar-refractivity contribution in [1.29, 1.82) is 0 Å². The van der Waals surface area contributed by atoms with E-state index in [1.165, 1.54) is 6.42 Å². The Morgan fingerprint density at radius 3 is 2.10 bits per heavy atom. The van der Waals surface area contributed by atoms with Gasteiger partial charge >= 0.3 is 0 Å². The van der Waals surface area contributed by atoms with Crippen molar-refractivity contribution >= 4 is 16.7 Å². The molecule has 2 saturated heterocycles. The van der Waals surface area contributed by atoms with Crippen LogP contribution in [0.3, 0.4) is 0 Å². The van der Waals surface area contributed by atoms with Gasteiger partial charge in [-0.25, -0.2) is 9.37 Å². The number of imidazole rings is 1. The minimum absolute atomic E-state index is 0.00568. The lowest BCUT2D eigenvalue weighted by atomic mass is 10.1. The van der Waals surface area contributed by atoms with Gasteiger partial charge < -0.3 is 28.4 Å². The molecule has 3 heterocycles. The molecule has 42 heavy (non-hydrogen) atoms. The lowest BCUT2D eigenvalue weighted by Crippen LogP contribution is -2.36. The molecule has 8 heteroatoms. The second-order valence-corrected chi connectivity index (χ2v) is 10.7. The zero-order valence-corrected chi connectivity index (χ0v) is 23.5. The molecule has 0 radical (unpaired) electrons. The SMILES string of the molecule is COc1cc(-c2nc3cc(N4CCC4)ccc3n2C2COC2)c(F)c(OCc2ccccc2)c1OCc1ccccc1. The van der Waals surface area contributed by atoms with Gasteiger partial charge in [0.15, 0.2) is 11.6 Å². The fourth-order valence-corrected chi connectivity index (χ4v) is 5.42. The first-order chi connectivity index (χ1) is 20.7. The summed E-state index contributed by atoms with van der Waals surface area (Å²) in [6, 6.07) is 27.4. The van der Waals surface area contributed by atoms with Crippen LogP contribution in [0.5, 0.6) is 17.2 Å². The highest BCUT2D eigenvalue weighted by Crippen LogP contribution is 2.46. The van der Waals surface area contributed by atoms with Crippen LogP contribution in [-0.4, -0.2) is 43.0 Å². The van der Waals surface area contributed by atoms with Crippen LogP contribution in [0.1, 0.15) is 23.6 Å². The molecule has 4 aromatic carbocycles. The molecule has 0 atom stereocenters. The quantitative estimate of drug-likeness (QED) is 0.186. The minimum atomic E-state index is -0.547. The van der Waals surface area contributed by atoms with Gasteiger partial charge in [-0.05, 0) is 41.8 Å². The van der Waals surface area contributed by atoms with E-state index in [9.17, 15) is 0 Å². The summed E-state index contributed by atoms with van der Waals surface area (Å²) >= 11 is 0. The number of nitrogens with zero attached hydrogens (tertiary/aromatic N) is 3. The lowest BCUT2D eigenvalue weighted by Gasteiger charge is -2.33. The summed E-state index contributed by atoms with van der Waals surface area (Å²) in [4.78, 5) is 7.32. The van der Waals surface area contributed by atoms with Gasteiger partial charge in [-0.1, -0.05) is 60.7 Å². The summed E-state index contributed by atoms with van der Waals surface area (Å²) in [5.41, 5.74) is 5.03. The molecule has 0 spiro atoms. The van der Waals surface area contributed by atoms with Crippen molar-refractivity contribution in [1.82, 2.24) is 9.55 Å². The maximum absolute atomic E-state index is 16.8. The van der Waals surface area contributed by atoms with Gasteiger partial charge in [0.1, 0.15) is 19.0 Å². The predicted molar refractivity (Wildman–Crippen MR) is 160 cm³/mol. The fourth-order valence-electron chi connectivity index (χ4n) is 5.42. The Balaban J connectivity index is 1.35. The standard InChI is InChI=1S/C34H32FN3O4/c1-39-30-18-27(34-36-28-17-25(37-15-8-16-37)13-14-29(28)38(34)26-21-40-22-26)31(35)33(42-20-24-11-6-3-7-12-24)32(30)41-19-23-9-4-2-5-10-23/h2-7,9-14,17-18,26H,8,15-16,19-22H2,1H3. The van der Waals surface area contributed by atoms with Crippen LogP contribution in [0.4, 0.5) is 10.1 Å². The van der Waals surface area contributed by atoms with Crippen molar-refractivity contribution in [3.63, 3.8) is 0 Å². The minimum Gasteiger partial charge on any atom is -0.493 e. The van der Waals surface area contributed by atoms with Crippen molar-refractivity contribution < 1.29 is 23.3 Å². The van der Waals surface area contributed by atoms with Crippen LogP contribution in [-0.2, 0) is 18.0 Å². The maximum Gasteiger partial charge on any atom is 0.207 e. The number of fused-ring (bicyclic) bond motifs is 1. The number of hydrogen-bond acceptors (Lipinski definition) is 6. The highest BCUT2D eigenvalue weighted by atomic mass is 19.1. The summed E-state index contributed by atoms with van der Waals surface area (Å²) < 4.78 is 42.6. The summed E-state index contributed by atoms with van der Waals surface area (Å²) in [6.07, 6.45) is 1.19. The number of methoxy groups -OCH3 is 1. The molecular formula is C34H32FN3O4. The van der Waals surface area contributed by atoms with Crippen LogP contribution < -0.4 is 19.1 Å². The van der Waals surface area contributed by atoms with Gasteiger partial charge in [0.05, 0.1) is 43.0 Å². The lowest BCUT2D eigenvalue weighted by molar-refractivity contribution is -0.0209. The molecule has 1 aromatic heterocycles. The number of hydrogen-bond donors (Lipinski definition) is 0. The molecule has 0 saturated carbocycles. The maximum atomic E-state index is 16.8. The van der Waals surface area contributed by atoms with Crippen molar-refractivity contribution in [2.24, 2.45) is 0 Å². The van der Waals surface area contributed by atoms with Crippen LogP contribution >= 0.6 is 0 Å². The number of ether oxygens (including phenoxy) is 4. The molecule has 0 bridgehead atoms. The van der Waals surface area contributed by atoms with E-state index in [1.807, 2.05) is 60.7 Å². The molecular weight excluding hydrogens is 533 g/mol. The van der Waals surface area contributed by atoms with Crippen LogP contribution in [0, 0.1) is 5.82 Å². The largest absolute Gasteiger partial charge is 0.493 e. The highest BCUT2D eigenvalue weighted by Gasteiger charge is 2.31. The van der Waals surface area contributed by atoms with E-state index < -0.39 is 5.82 Å². The van der Waals surface area contributed by atoms with Gasteiger partial charge in [-0.3, -0.25) is 0 Å². The zero-order valence-electron chi connectivity index (χ0n) is 23.5. The number of anilines is 1. The third-order valence-electron chi connectivity index (χ3n) is 7.93. The van der Waals surface area contributed by atoms with Gasteiger partial charge in [0.2, 0.25) is 11.5 Å². The smallest absolute Gasteiger partial charge is 0.207 e. The first-order valence-corrected chi connectivity index (χ1v) is 14.3. The first-order valence-electron chi connectivity index (χ1n) is 14.3. The molecule has 2 aliphatic heterocycles. The normalized spacial score (nSPS) is 14.9. The number of aromatic nitrogens is 2. The number of rotatable bonds is 10. The summed E-state index contributed by atoms with van der Waals surface area (Å²) in [5.74, 6) is 0.542. The Morgan fingerprint density at radius 1 is 0.857 bits per heavy atom. The van der Waals surface area contributed by atoms with E-state index in [0.29, 0.717) is 24.8 Å². The Morgan fingerprint density at radius 2 is 1.52 bits per heavy atom. The van der Waals surface area contributed by atoms with E-state index in [-0.39, 0.29) is 36.3 Å². The van der Waals surface area contributed by atoms with Gasteiger partial charge in [0, 0.05) is 18.8 Å². The average Bonchev–Trinajstić information content (AvgIpc) is 3.32. The third kappa shape index (κ3) is 4.92. The van der Waals surface area contributed by atoms with Crippen LogP contribution in [0.15, 0.2) is 84.9 Å². The molecule has 2 aliphatic rings. The van der Waals surface area contributed by atoms with Crippen LogP contribution in [0.2, 0.25) is 0 Å². The van der Waals surface area contributed by atoms with E-state index in [0.717, 1.165) is 40.9 Å². The molecule has 0 amide bonds. The summed E-state index contributed by atoms with van der Waals surface area (Å²) in [6.45, 7) is 3.55. The Bertz CT molecular complexity index is 1700. The van der Waals surface area contributed by atoms with Gasteiger partial charge in [-0.15, -0.1) is 0 Å². The number of halogens is 1. The highest BCUT2D eigenvalue weighted by molar-refractivity contribution is 5.85. The van der Waals surface area contributed by atoms with E-state index in [4.69, 9.17) is 23.9 Å². The Labute approximate surface area is 244 Å². The topological polar surface area (TPSA) is 58.0 Å². The zero-order chi connectivity index (χ0) is 28.5. The van der Waals surface area contributed by atoms with Gasteiger partial charge in [0.25, 0.3) is 0 Å². The molecule has 2 fully saturated rings. The monoisotopic (exact) mass is 565 g/mol. The van der Waals surface area contributed by atoms with E-state index in [2.05, 4.69) is 27.7 Å². The predicted octanol–water partition coefficient (Wildman–Crippen LogP) is 6.79. The fraction of sp³-hybridized carbons (Fsp3) is 0.265. The second-order valence-electron chi connectivity index (χ2n) is 10.7. The third-order valence-corrected chi connectivity index (χ3v) is 7.93. The Kier molecular flexibility index (Phi) is 7.13. The van der Waals surface area contributed by atoms with E-state index in [1.54, 1.807) is 13.2 Å². The molecule has 214 valence electrons. The van der Waals surface area contributed by atoms with Crippen LogP contribution in [0.25, 0.3) is 22.4 Å². The van der Waals surface area contributed by atoms with Crippen molar-refractivity contribution in [3.8, 4) is 28.6 Å². The Hall–Kier alpha value is -4.56. The summed E-state index contributed by atoms with van der Waals surface area (Å²) in [5, 5.41) is 0. The first kappa shape index (κ1) is 26.3. The van der Waals surface area contributed by atoms with Crippen molar-refractivity contribution in [3.05, 3.63) is 102 Å². The number of benzene rings is 4. The molecule has 7 nitrogen and oxygen atoms in total. The molecule has 7 rings (SSSR count). The molecule has 0 unspecified atom stereocenters. The van der Waals surface area contributed by atoms with Gasteiger partial charge in [-0.2, -0.15) is 0 Å². The molecule has 5 aromatic rings. The van der Waals surface area contributed by atoms with Crippen molar-refractivity contribution in [2.45, 2.75) is 25.7 Å². The van der Waals surface area contributed by atoms with E-state index >= 15 is 4.39 Å². The second kappa shape index (κ2) is 11.4. The summed E-state index contributed by atoms with van der Waals surface area (Å²) in [7, 11) is 1.55. The molecule has 0 N–H and O–H groups in total.